The molecule has 3 atom stereocenters. The van der Waals surface area contributed by atoms with Crippen LogP contribution in [0, 0.1) is 22.7 Å². The Morgan fingerprint density at radius 3 is 2.59 bits per heavy atom. The van der Waals surface area contributed by atoms with Crippen LogP contribution in [0.1, 0.15) is 49.7 Å². The summed E-state index contributed by atoms with van der Waals surface area (Å²) in [7, 11) is 1.34. The van der Waals surface area contributed by atoms with Gasteiger partial charge in [0, 0.05) is 2.74 Å². The lowest BCUT2D eigenvalue weighted by Gasteiger charge is -2.53. The molecule has 0 radical (unpaired) electrons. The normalized spacial score (nSPS) is 39.2. The zero-order valence-corrected chi connectivity index (χ0v) is 11.7. The third kappa shape index (κ3) is 2.49. The zero-order valence-electron chi connectivity index (χ0n) is 13.7. The fourth-order valence-corrected chi connectivity index (χ4v) is 3.02. The van der Waals surface area contributed by atoms with Crippen molar-refractivity contribution in [2.24, 2.45) is 28.4 Å². The second-order valence-corrected chi connectivity index (χ2v) is 6.04. The summed E-state index contributed by atoms with van der Waals surface area (Å²) in [6.45, 7) is 6.59. The van der Waals surface area contributed by atoms with Crippen LogP contribution in [0.25, 0.3) is 0 Å². The molecule has 1 aliphatic rings. The minimum Gasteiger partial charge on any atom is -0.469 e. The molecule has 1 aliphatic carbocycles. The van der Waals surface area contributed by atoms with E-state index in [0.717, 1.165) is 6.42 Å². The van der Waals surface area contributed by atoms with Gasteiger partial charge in [0.1, 0.15) is 0 Å². The molecule has 0 bridgehead atoms. The van der Waals surface area contributed by atoms with Crippen molar-refractivity contribution in [2.45, 2.75) is 47.0 Å². The fraction of sp³-hybridized carbons (Fsp3) is 0.929. The predicted molar refractivity (Wildman–Crippen MR) is 69.5 cm³/mol. The molecule has 17 heavy (non-hydrogen) atoms. The van der Waals surface area contributed by atoms with Gasteiger partial charge in [0.15, 0.2) is 0 Å². The fourth-order valence-electron chi connectivity index (χ4n) is 3.02. The molecule has 0 heterocycles. The SMILES string of the molecule is [2H]C([2H])(N)C1(CC(=O)OC)CCC(C)C(C)(C)C1C. The Kier molecular flexibility index (Phi) is 3.37. The molecule has 1 saturated carbocycles. The average Bonchev–Trinajstić information content (AvgIpc) is 2.29. The van der Waals surface area contributed by atoms with Crippen LogP contribution in [-0.2, 0) is 9.53 Å². The van der Waals surface area contributed by atoms with Gasteiger partial charge >= 0.3 is 5.97 Å². The van der Waals surface area contributed by atoms with Crippen LogP contribution in [0.5, 0.6) is 0 Å². The van der Waals surface area contributed by atoms with Crippen molar-refractivity contribution in [1.29, 1.82) is 0 Å². The van der Waals surface area contributed by atoms with E-state index >= 15 is 0 Å². The highest BCUT2D eigenvalue weighted by Gasteiger charge is 2.50. The molecule has 0 amide bonds. The highest BCUT2D eigenvalue weighted by atomic mass is 16.5. The molecule has 0 aromatic rings. The Balaban J connectivity index is 3.22. The third-order valence-corrected chi connectivity index (χ3v) is 5.21. The molecule has 2 N–H and O–H groups in total. The first-order chi connectivity index (χ1) is 8.49. The summed E-state index contributed by atoms with van der Waals surface area (Å²) in [5, 5.41) is 0. The van der Waals surface area contributed by atoms with E-state index < -0.39 is 11.9 Å². The van der Waals surface area contributed by atoms with Crippen LogP contribution in [0.3, 0.4) is 0 Å². The average molecular weight is 243 g/mol. The van der Waals surface area contributed by atoms with Crippen LogP contribution in [0.4, 0.5) is 0 Å². The summed E-state index contributed by atoms with van der Waals surface area (Å²) in [5.74, 6) is 0.102. The standard InChI is InChI=1S/C14H27NO2/c1-10-6-7-14(9-15,8-12(16)17-5)11(2)13(10,3)4/h10-11H,6-9,15H2,1-5H3/i9D2. The number of methoxy groups -OCH3 is 1. The van der Waals surface area contributed by atoms with Crippen molar-refractivity contribution in [2.75, 3.05) is 13.6 Å². The van der Waals surface area contributed by atoms with Gasteiger partial charge in [-0.2, -0.15) is 0 Å². The molecule has 1 rings (SSSR count). The Morgan fingerprint density at radius 2 is 2.12 bits per heavy atom. The van der Waals surface area contributed by atoms with Crippen LogP contribution in [0.2, 0.25) is 0 Å². The number of hydrogen-bond donors (Lipinski definition) is 1. The highest BCUT2D eigenvalue weighted by Crippen LogP contribution is 2.54. The highest BCUT2D eigenvalue weighted by molar-refractivity contribution is 5.70. The maximum Gasteiger partial charge on any atom is 0.306 e. The van der Waals surface area contributed by atoms with Crippen molar-refractivity contribution in [1.82, 2.24) is 0 Å². The Hall–Kier alpha value is -0.570. The smallest absolute Gasteiger partial charge is 0.306 e. The summed E-state index contributed by atoms with van der Waals surface area (Å²) < 4.78 is 20.9. The maximum atomic E-state index is 11.7. The summed E-state index contributed by atoms with van der Waals surface area (Å²) in [6.07, 6.45) is 1.55. The van der Waals surface area contributed by atoms with Crippen LogP contribution in [-0.4, -0.2) is 19.6 Å². The number of esters is 1. The molecular weight excluding hydrogens is 214 g/mol. The van der Waals surface area contributed by atoms with E-state index in [-0.39, 0.29) is 23.7 Å². The van der Waals surface area contributed by atoms with E-state index in [2.05, 4.69) is 20.8 Å². The Bertz CT molecular complexity index is 352. The number of hydrogen-bond acceptors (Lipinski definition) is 3. The third-order valence-electron chi connectivity index (χ3n) is 5.21. The first kappa shape index (κ1) is 11.5. The van der Waals surface area contributed by atoms with Crippen molar-refractivity contribution < 1.29 is 12.3 Å². The summed E-state index contributed by atoms with van der Waals surface area (Å²) in [6, 6.07) is 0. The number of carbonyl (C=O) groups excluding carboxylic acids is 1. The Morgan fingerprint density at radius 1 is 1.53 bits per heavy atom. The molecule has 0 aliphatic heterocycles. The van der Waals surface area contributed by atoms with E-state index in [4.69, 9.17) is 13.2 Å². The molecule has 0 saturated heterocycles. The first-order valence-electron chi connectivity index (χ1n) is 7.34. The molecule has 3 unspecified atom stereocenters. The van der Waals surface area contributed by atoms with Crippen LogP contribution >= 0.6 is 0 Å². The van der Waals surface area contributed by atoms with Gasteiger partial charge < -0.3 is 10.5 Å². The van der Waals surface area contributed by atoms with Crippen LogP contribution in [0.15, 0.2) is 0 Å². The lowest BCUT2D eigenvalue weighted by atomic mass is 9.52. The number of nitrogens with two attached hydrogens (primary N) is 1. The monoisotopic (exact) mass is 243 g/mol. The summed E-state index contributed by atoms with van der Waals surface area (Å²) >= 11 is 0. The van der Waals surface area contributed by atoms with Crippen molar-refractivity contribution in [3.8, 4) is 0 Å². The number of rotatable bonds is 3. The number of carbonyl (C=O) groups is 1. The summed E-state index contributed by atoms with van der Waals surface area (Å²) in [4.78, 5) is 11.7. The van der Waals surface area contributed by atoms with Gasteiger partial charge in [0.05, 0.1) is 13.5 Å². The molecule has 3 nitrogen and oxygen atoms in total. The first-order valence-corrected chi connectivity index (χ1v) is 6.34. The molecule has 3 heteroatoms. The van der Waals surface area contributed by atoms with E-state index in [1.54, 1.807) is 0 Å². The molecule has 1 fully saturated rings. The van der Waals surface area contributed by atoms with E-state index in [1.165, 1.54) is 7.11 Å². The Labute approximate surface area is 108 Å². The second kappa shape index (κ2) is 4.97. The van der Waals surface area contributed by atoms with Gasteiger partial charge in [-0.1, -0.05) is 27.7 Å². The van der Waals surface area contributed by atoms with Gasteiger partial charge in [-0.3, -0.25) is 4.79 Å². The molecule has 0 aromatic carbocycles. The second-order valence-electron chi connectivity index (χ2n) is 6.04. The maximum absolute atomic E-state index is 11.7. The van der Waals surface area contributed by atoms with Crippen molar-refractivity contribution >= 4 is 5.97 Å². The van der Waals surface area contributed by atoms with Gasteiger partial charge in [-0.05, 0) is 42.0 Å². The van der Waals surface area contributed by atoms with E-state index in [0.29, 0.717) is 12.3 Å². The van der Waals surface area contributed by atoms with E-state index in [9.17, 15) is 4.79 Å². The van der Waals surface area contributed by atoms with E-state index in [1.807, 2.05) is 6.92 Å². The number of ether oxygens (including phenoxy) is 1. The largest absolute Gasteiger partial charge is 0.469 e. The summed E-state index contributed by atoms with van der Waals surface area (Å²) in [5.41, 5.74) is 4.92. The van der Waals surface area contributed by atoms with Crippen LogP contribution < -0.4 is 5.73 Å². The van der Waals surface area contributed by atoms with Gasteiger partial charge in [0.25, 0.3) is 0 Å². The quantitative estimate of drug-likeness (QED) is 0.775. The zero-order chi connectivity index (χ0) is 15.1. The molecule has 0 spiro atoms. The topological polar surface area (TPSA) is 52.3 Å². The minimum absolute atomic E-state index is 0.00264. The van der Waals surface area contributed by atoms with Gasteiger partial charge in [0.2, 0.25) is 0 Å². The van der Waals surface area contributed by atoms with Gasteiger partial charge in [-0.15, -0.1) is 0 Å². The lowest BCUT2D eigenvalue weighted by molar-refractivity contribution is -0.147. The van der Waals surface area contributed by atoms with Crippen molar-refractivity contribution in [3.63, 3.8) is 0 Å². The predicted octanol–water partition coefficient (Wildman–Crippen LogP) is 2.59. The molecule has 0 aromatic heterocycles. The lowest BCUT2D eigenvalue weighted by Crippen LogP contribution is -2.51. The minimum atomic E-state index is -1.89. The van der Waals surface area contributed by atoms with Gasteiger partial charge in [-0.25, -0.2) is 0 Å². The van der Waals surface area contributed by atoms with Crippen molar-refractivity contribution in [3.05, 3.63) is 0 Å². The molecular formula is C14H27NO2. The molecule has 100 valence electrons.